The Morgan fingerprint density at radius 3 is 2.36 bits per heavy atom. The molecule has 2 aromatic rings. The van der Waals surface area contributed by atoms with Gasteiger partial charge in [0.25, 0.3) is 5.91 Å². The Bertz CT molecular complexity index is 1240. The van der Waals surface area contributed by atoms with E-state index in [0.29, 0.717) is 28.9 Å². The Hall–Kier alpha value is -3.19. The van der Waals surface area contributed by atoms with Crippen LogP contribution in [0.1, 0.15) is 56.6 Å². The molecule has 1 saturated heterocycles. The van der Waals surface area contributed by atoms with Gasteiger partial charge in [-0.15, -0.1) is 4.72 Å². The number of urea groups is 1. The number of unbranched alkanes of at least 4 members (excludes halogenated alkanes) is 2. The zero-order valence-electron chi connectivity index (χ0n) is 19.9. The van der Waals surface area contributed by atoms with Gasteiger partial charge in [-0.25, -0.2) is 18.2 Å². The summed E-state index contributed by atoms with van der Waals surface area (Å²) in [4.78, 5) is 30.0. The number of carbonyl (C=O) groups excluding carboxylic acids is 2. The quantitative estimate of drug-likeness (QED) is 0.262. The molecular formula is C23H28F3N5O4S. The lowest BCUT2D eigenvalue weighted by Gasteiger charge is -2.16. The lowest BCUT2D eigenvalue weighted by Crippen LogP contribution is -2.37. The molecule has 0 saturated carbocycles. The number of nitrogens with zero attached hydrogens (tertiary/aromatic N) is 3. The van der Waals surface area contributed by atoms with Crippen LogP contribution in [-0.4, -0.2) is 47.7 Å². The summed E-state index contributed by atoms with van der Waals surface area (Å²) in [7, 11) is -4.75. The lowest BCUT2D eigenvalue weighted by atomic mass is 10.2. The Kier molecular flexibility index (Phi) is 8.56. The fourth-order valence-corrected chi connectivity index (χ4v) is 4.63. The number of sulfonamides is 1. The predicted molar refractivity (Wildman–Crippen MR) is 126 cm³/mol. The zero-order valence-corrected chi connectivity index (χ0v) is 20.7. The van der Waals surface area contributed by atoms with Gasteiger partial charge in [0.15, 0.2) is 0 Å². The average Bonchev–Trinajstić information content (AvgIpc) is 3.29. The van der Waals surface area contributed by atoms with E-state index in [1.165, 1.54) is 17.0 Å². The Morgan fingerprint density at radius 1 is 1.08 bits per heavy atom. The molecule has 1 aromatic carbocycles. The topological polar surface area (TPSA) is 113 Å². The van der Waals surface area contributed by atoms with E-state index < -0.39 is 33.2 Å². The fourth-order valence-electron chi connectivity index (χ4n) is 3.71. The van der Waals surface area contributed by atoms with Gasteiger partial charge in [0, 0.05) is 19.5 Å². The summed E-state index contributed by atoms with van der Waals surface area (Å²) in [5, 5.41) is 2.30. The molecule has 0 unspecified atom stereocenters. The molecule has 1 aromatic heterocycles. The second-order valence-corrected chi connectivity index (χ2v) is 10.0. The molecule has 1 fully saturated rings. The van der Waals surface area contributed by atoms with Crippen LogP contribution >= 0.6 is 0 Å². The second-order valence-electron chi connectivity index (χ2n) is 8.33. The smallest absolute Gasteiger partial charge is 0.324 e. The highest BCUT2D eigenvalue weighted by Crippen LogP contribution is 2.22. The van der Waals surface area contributed by atoms with Gasteiger partial charge in [-0.05, 0) is 36.6 Å². The first-order chi connectivity index (χ1) is 16.9. The molecule has 0 atom stereocenters. The number of aryl methyl sites for hydroxylation is 1. The minimum Gasteiger partial charge on any atom is -0.324 e. The summed E-state index contributed by atoms with van der Waals surface area (Å²) >= 11 is 0. The molecule has 2 heterocycles. The summed E-state index contributed by atoms with van der Waals surface area (Å²) in [6, 6.07) is 4.55. The van der Waals surface area contributed by atoms with Gasteiger partial charge < -0.3 is 4.57 Å². The van der Waals surface area contributed by atoms with Crippen LogP contribution in [-0.2, 0) is 27.8 Å². The van der Waals surface area contributed by atoms with Crippen LogP contribution in [0, 0.1) is 0 Å². The molecule has 0 radical (unpaired) electrons. The van der Waals surface area contributed by atoms with Gasteiger partial charge in [-0.1, -0.05) is 38.8 Å². The maximum absolute atomic E-state index is 12.5. The molecule has 0 aliphatic carbocycles. The van der Waals surface area contributed by atoms with Crippen molar-refractivity contribution in [2.45, 2.75) is 63.7 Å². The number of hydrogen-bond donors (Lipinski definition) is 2. The molecular weight excluding hydrogens is 499 g/mol. The first-order valence-corrected chi connectivity index (χ1v) is 13.0. The third kappa shape index (κ3) is 6.72. The van der Waals surface area contributed by atoms with E-state index in [1.807, 2.05) is 18.4 Å². The van der Waals surface area contributed by atoms with E-state index in [2.05, 4.69) is 10.3 Å². The molecule has 3 amide bonds. The monoisotopic (exact) mass is 527 g/mol. The number of carbonyl (C=O) groups is 2. The van der Waals surface area contributed by atoms with Gasteiger partial charge >= 0.3 is 12.3 Å². The van der Waals surface area contributed by atoms with Crippen LogP contribution in [0.25, 0.3) is 6.08 Å². The van der Waals surface area contributed by atoms with Crippen molar-refractivity contribution in [3.8, 4) is 0 Å². The van der Waals surface area contributed by atoms with E-state index in [-0.39, 0.29) is 12.2 Å². The Balaban J connectivity index is 1.93. The van der Waals surface area contributed by atoms with E-state index in [9.17, 15) is 31.2 Å². The van der Waals surface area contributed by atoms with Crippen molar-refractivity contribution < 1.29 is 31.2 Å². The number of hydrogen-bond acceptors (Lipinski definition) is 5. The molecule has 13 heteroatoms. The second kappa shape index (κ2) is 11.2. The number of imide groups is 1. The summed E-state index contributed by atoms with van der Waals surface area (Å²) in [5.74, 6) is 0.217. The standard InChI is InChI=1S/C23H28F3N5O4S/c1-3-5-7-20-27-14-17(13-19-21(32)28-22(33)30(19)12-6-4-2)31(20)15-16-8-10-18(11-9-16)36(34,35)29-23(24,25)26/h8-11,13-14,29H,3-7,12,15H2,1-2H3,(H,28,32,33)/b19-13-. The Labute approximate surface area is 207 Å². The van der Waals surface area contributed by atoms with Crippen molar-refractivity contribution in [2.75, 3.05) is 6.54 Å². The average molecular weight is 528 g/mol. The SMILES string of the molecule is CCCCc1ncc(/C=C2/C(=O)NC(=O)N2CCCC)n1Cc1ccc(S(=O)(=O)NC(F)(F)F)cc1. The first kappa shape index (κ1) is 27.4. The molecule has 1 aliphatic heterocycles. The van der Waals surface area contributed by atoms with Crippen molar-refractivity contribution in [3.63, 3.8) is 0 Å². The number of imidazole rings is 1. The van der Waals surface area contributed by atoms with E-state index in [0.717, 1.165) is 43.6 Å². The fraction of sp³-hybridized carbons (Fsp3) is 0.435. The first-order valence-electron chi connectivity index (χ1n) is 11.5. The largest absolute Gasteiger partial charge is 0.470 e. The number of aromatic nitrogens is 2. The van der Waals surface area contributed by atoms with Crippen molar-refractivity contribution in [1.82, 2.24) is 24.5 Å². The molecule has 2 N–H and O–H groups in total. The third-order valence-electron chi connectivity index (χ3n) is 5.56. The van der Waals surface area contributed by atoms with Gasteiger partial charge in [-0.3, -0.25) is 15.0 Å². The number of nitrogens with one attached hydrogen (secondary N) is 2. The van der Waals surface area contributed by atoms with Crippen LogP contribution in [0.5, 0.6) is 0 Å². The molecule has 36 heavy (non-hydrogen) atoms. The third-order valence-corrected chi connectivity index (χ3v) is 6.95. The summed E-state index contributed by atoms with van der Waals surface area (Å²) in [5.41, 5.74) is 1.39. The molecule has 3 rings (SSSR count). The summed E-state index contributed by atoms with van der Waals surface area (Å²) in [6.07, 6.45) is 2.09. The van der Waals surface area contributed by atoms with Crippen LogP contribution in [0.3, 0.4) is 0 Å². The van der Waals surface area contributed by atoms with Crippen molar-refractivity contribution >= 4 is 28.0 Å². The summed E-state index contributed by atoms with van der Waals surface area (Å²) in [6.45, 7) is 4.63. The Morgan fingerprint density at radius 2 is 1.75 bits per heavy atom. The van der Waals surface area contributed by atoms with Crippen LogP contribution in [0.2, 0.25) is 0 Å². The highest BCUT2D eigenvalue weighted by atomic mass is 32.2. The number of amides is 3. The predicted octanol–water partition coefficient (Wildman–Crippen LogP) is 3.76. The van der Waals surface area contributed by atoms with E-state index in [1.54, 1.807) is 12.3 Å². The van der Waals surface area contributed by atoms with Crippen LogP contribution in [0.15, 0.2) is 41.1 Å². The highest BCUT2D eigenvalue weighted by molar-refractivity contribution is 7.89. The maximum Gasteiger partial charge on any atom is 0.470 e. The zero-order chi connectivity index (χ0) is 26.5. The van der Waals surface area contributed by atoms with E-state index >= 15 is 0 Å². The maximum atomic E-state index is 12.5. The van der Waals surface area contributed by atoms with E-state index in [4.69, 9.17) is 0 Å². The number of alkyl halides is 3. The van der Waals surface area contributed by atoms with Crippen molar-refractivity contribution in [3.05, 3.63) is 53.2 Å². The molecule has 1 aliphatic rings. The van der Waals surface area contributed by atoms with Gasteiger partial charge in [-0.2, -0.15) is 13.2 Å². The molecule has 0 bridgehead atoms. The number of halogens is 3. The van der Waals surface area contributed by atoms with Crippen LogP contribution in [0.4, 0.5) is 18.0 Å². The molecule has 9 nitrogen and oxygen atoms in total. The minimum atomic E-state index is -5.08. The molecule has 0 spiro atoms. The van der Waals surface area contributed by atoms with Gasteiger partial charge in [0.1, 0.15) is 11.5 Å². The highest BCUT2D eigenvalue weighted by Gasteiger charge is 2.35. The number of rotatable bonds is 11. The normalized spacial score (nSPS) is 15.7. The summed E-state index contributed by atoms with van der Waals surface area (Å²) < 4.78 is 63.9. The van der Waals surface area contributed by atoms with Crippen LogP contribution < -0.4 is 10.0 Å². The van der Waals surface area contributed by atoms with Gasteiger partial charge in [0.05, 0.1) is 16.8 Å². The van der Waals surface area contributed by atoms with Gasteiger partial charge in [0.2, 0.25) is 10.0 Å². The molecule has 196 valence electrons. The number of benzene rings is 1. The van der Waals surface area contributed by atoms with Crippen molar-refractivity contribution in [1.29, 1.82) is 0 Å². The minimum absolute atomic E-state index is 0.205. The lowest BCUT2D eigenvalue weighted by molar-refractivity contribution is -0.138. The van der Waals surface area contributed by atoms with Crippen molar-refractivity contribution in [2.24, 2.45) is 0 Å².